The number of rotatable bonds is 6. The van der Waals surface area contributed by atoms with Gasteiger partial charge >= 0.3 is 0 Å². The Balaban J connectivity index is 2.09. The summed E-state index contributed by atoms with van der Waals surface area (Å²) in [5.41, 5.74) is 2.12. The van der Waals surface area contributed by atoms with Crippen LogP contribution in [-0.2, 0) is 6.54 Å². The highest BCUT2D eigenvalue weighted by atomic mass is 79.9. The lowest BCUT2D eigenvalue weighted by Crippen LogP contribution is -2.21. The van der Waals surface area contributed by atoms with Crippen LogP contribution in [-0.4, -0.2) is 0 Å². The van der Waals surface area contributed by atoms with Crippen molar-refractivity contribution in [2.24, 2.45) is 0 Å². The van der Waals surface area contributed by atoms with Gasteiger partial charge in [-0.05, 0) is 47.9 Å². The van der Waals surface area contributed by atoms with Crippen LogP contribution in [0, 0.1) is 5.82 Å². The van der Waals surface area contributed by atoms with E-state index in [0.717, 1.165) is 27.9 Å². The van der Waals surface area contributed by atoms with E-state index in [0.29, 0.717) is 6.54 Å². The molecule has 0 radical (unpaired) electrons. The standard InChI is InChI=1S/C17H18BrClFN/c1-2-3-17(12-4-6-14(19)7-5-12)21-11-13-10-15(20)8-9-16(13)18/h4-10,17,21H,2-3,11H2,1H3. The molecule has 0 spiro atoms. The molecule has 0 heterocycles. The van der Waals surface area contributed by atoms with E-state index in [2.05, 4.69) is 28.2 Å². The molecular weight excluding hydrogens is 353 g/mol. The lowest BCUT2D eigenvalue weighted by molar-refractivity contribution is 0.491. The van der Waals surface area contributed by atoms with Crippen molar-refractivity contribution in [3.63, 3.8) is 0 Å². The first-order chi connectivity index (χ1) is 10.1. The minimum Gasteiger partial charge on any atom is -0.306 e. The topological polar surface area (TPSA) is 12.0 Å². The minimum absolute atomic E-state index is 0.214. The SMILES string of the molecule is CCCC(NCc1cc(F)ccc1Br)c1ccc(Cl)cc1. The summed E-state index contributed by atoms with van der Waals surface area (Å²) in [6.45, 7) is 2.77. The van der Waals surface area contributed by atoms with Gasteiger partial charge in [0.15, 0.2) is 0 Å². The van der Waals surface area contributed by atoms with Crippen molar-refractivity contribution in [1.29, 1.82) is 0 Å². The predicted octanol–water partition coefficient (Wildman–Crippen LogP) is 5.87. The molecule has 0 fully saturated rings. The molecule has 1 unspecified atom stereocenters. The second-order valence-corrected chi connectivity index (χ2v) is 6.30. The summed E-state index contributed by atoms with van der Waals surface area (Å²) in [5, 5.41) is 4.24. The zero-order valence-corrected chi connectivity index (χ0v) is 14.2. The van der Waals surface area contributed by atoms with Gasteiger partial charge in [-0.3, -0.25) is 0 Å². The molecule has 1 nitrogen and oxygen atoms in total. The minimum atomic E-state index is -0.214. The molecule has 2 rings (SSSR count). The third-order valence-electron chi connectivity index (χ3n) is 3.40. The monoisotopic (exact) mass is 369 g/mol. The van der Waals surface area contributed by atoms with Gasteiger partial charge in [-0.1, -0.05) is 53.0 Å². The van der Waals surface area contributed by atoms with Crippen LogP contribution in [0.2, 0.25) is 5.02 Å². The number of hydrogen-bond acceptors (Lipinski definition) is 1. The summed E-state index contributed by atoms with van der Waals surface area (Å²) in [6, 6.07) is 12.9. The Morgan fingerprint density at radius 3 is 2.57 bits per heavy atom. The van der Waals surface area contributed by atoms with Crippen molar-refractivity contribution in [3.05, 3.63) is 68.9 Å². The van der Waals surface area contributed by atoms with E-state index in [4.69, 9.17) is 11.6 Å². The average molecular weight is 371 g/mol. The van der Waals surface area contributed by atoms with Crippen LogP contribution in [0.15, 0.2) is 46.9 Å². The smallest absolute Gasteiger partial charge is 0.123 e. The molecule has 0 amide bonds. The van der Waals surface area contributed by atoms with E-state index in [-0.39, 0.29) is 11.9 Å². The van der Waals surface area contributed by atoms with Crippen molar-refractivity contribution in [1.82, 2.24) is 5.32 Å². The first-order valence-corrected chi connectivity index (χ1v) is 8.20. The van der Waals surface area contributed by atoms with Gasteiger partial charge in [-0.2, -0.15) is 0 Å². The summed E-state index contributed by atoms with van der Waals surface area (Å²) in [5.74, 6) is -0.214. The highest BCUT2D eigenvalue weighted by molar-refractivity contribution is 9.10. The molecule has 0 aromatic heterocycles. The number of halogens is 3. The van der Waals surface area contributed by atoms with E-state index < -0.39 is 0 Å². The fourth-order valence-corrected chi connectivity index (χ4v) is 2.80. The quantitative estimate of drug-likeness (QED) is 0.670. The van der Waals surface area contributed by atoms with E-state index >= 15 is 0 Å². The molecular formula is C17H18BrClFN. The van der Waals surface area contributed by atoms with Crippen LogP contribution >= 0.6 is 27.5 Å². The molecule has 2 aromatic carbocycles. The molecule has 0 aliphatic heterocycles. The van der Waals surface area contributed by atoms with Gasteiger partial charge in [-0.25, -0.2) is 4.39 Å². The van der Waals surface area contributed by atoms with Gasteiger partial charge in [0, 0.05) is 22.1 Å². The average Bonchev–Trinajstić information content (AvgIpc) is 2.48. The molecule has 0 aliphatic carbocycles. The molecule has 0 aliphatic rings. The predicted molar refractivity (Wildman–Crippen MR) is 90.0 cm³/mol. The van der Waals surface area contributed by atoms with Gasteiger partial charge < -0.3 is 5.32 Å². The van der Waals surface area contributed by atoms with Crippen LogP contribution < -0.4 is 5.32 Å². The second-order valence-electron chi connectivity index (χ2n) is 5.01. The molecule has 0 saturated heterocycles. The van der Waals surface area contributed by atoms with Gasteiger partial charge in [0.1, 0.15) is 5.82 Å². The zero-order chi connectivity index (χ0) is 15.2. The highest BCUT2D eigenvalue weighted by Gasteiger charge is 2.11. The summed E-state index contributed by atoms with van der Waals surface area (Å²) in [6.07, 6.45) is 2.10. The lowest BCUT2D eigenvalue weighted by Gasteiger charge is -2.19. The first kappa shape index (κ1) is 16.5. The maximum absolute atomic E-state index is 13.3. The molecule has 2 aromatic rings. The normalized spacial score (nSPS) is 12.4. The maximum atomic E-state index is 13.3. The Hall–Kier alpha value is -0.900. The Labute approximate surface area is 138 Å². The highest BCUT2D eigenvalue weighted by Crippen LogP contribution is 2.23. The number of hydrogen-bond donors (Lipinski definition) is 1. The van der Waals surface area contributed by atoms with E-state index in [1.54, 1.807) is 12.1 Å². The van der Waals surface area contributed by atoms with Crippen LogP contribution in [0.5, 0.6) is 0 Å². The van der Waals surface area contributed by atoms with Crippen LogP contribution in [0.25, 0.3) is 0 Å². The zero-order valence-electron chi connectivity index (χ0n) is 11.9. The fraction of sp³-hybridized carbons (Fsp3) is 0.294. The summed E-state index contributed by atoms with van der Waals surface area (Å²) >= 11 is 9.40. The Bertz CT molecular complexity index is 586. The number of nitrogens with one attached hydrogen (secondary N) is 1. The van der Waals surface area contributed by atoms with Crippen molar-refractivity contribution < 1.29 is 4.39 Å². The summed E-state index contributed by atoms with van der Waals surface area (Å²) in [4.78, 5) is 0. The van der Waals surface area contributed by atoms with Gasteiger partial charge in [0.25, 0.3) is 0 Å². The Morgan fingerprint density at radius 1 is 1.19 bits per heavy atom. The summed E-state index contributed by atoms with van der Waals surface area (Å²) < 4.78 is 14.2. The molecule has 21 heavy (non-hydrogen) atoms. The molecule has 0 saturated carbocycles. The maximum Gasteiger partial charge on any atom is 0.123 e. The molecule has 112 valence electrons. The van der Waals surface area contributed by atoms with Crippen molar-refractivity contribution in [3.8, 4) is 0 Å². The van der Waals surface area contributed by atoms with Crippen LogP contribution in [0.1, 0.15) is 36.9 Å². The molecule has 1 atom stereocenters. The number of benzene rings is 2. The molecule has 4 heteroatoms. The van der Waals surface area contributed by atoms with Crippen molar-refractivity contribution in [2.45, 2.75) is 32.4 Å². The first-order valence-electron chi connectivity index (χ1n) is 7.03. The Morgan fingerprint density at radius 2 is 1.90 bits per heavy atom. The van der Waals surface area contributed by atoms with Crippen molar-refractivity contribution in [2.75, 3.05) is 0 Å². The lowest BCUT2D eigenvalue weighted by atomic mass is 10.0. The third kappa shape index (κ3) is 4.80. The van der Waals surface area contributed by atoms with Crippen LogP contribution in [0.3, 0.4) is 0 Å². The van der Waals surface area contributed by atoms with E-state index in [1.165, 1.54) is 11.6 Å². The van der Waals surface area contributed by atoms with E-state index in [1.807, 2.05) is 24.3 Å². The van der Waals surface area contributed by atoms with Gasteiger partial charge in [0.2, 0.25) is 0 Å². The van der Waals surface area contributed by atoms with Crippen LogP contribution in [0.4, 0.5) is 4.39 Å². The fourth-order valence-electron chi connectivity index (χ4n) is 2.28. The van der Waals surface area contributed by atoms with Gasteiger partial charge in [-0.15, -0.1) is 0 Å². The third-order valence-corrected chi connectivity index (χ3v) is 4.42. The molecule has 0 bridgehead atoms. The summed E-state index contributed by atoms with van der Waals surface area (Å²) in [7, 11) is 0. The Kier molecular flexibility index (Phi) is 6.22. The van der Waals surface area contributed by atoms with Crippen molar-refractivity contribution >= 4 is 27.5 Å². The second kappa shape index (κ2) is 7.92. The molecule has 1 N–H and O–H groups in total. The largest absolute Gasteiger partial charge is 0.306 e. The van der Waals surface area contributed by atoms with Gasteiger partial charge in [0.05, 0.1) is 0 Å². The van der Waals surface area contributed by atoms with E-state index in [9.17, 15) is 4.39 Å².